The van der Waals surface area contributed by atoms with Crippen molar-refractivity contribution in [2.24, 2.45) is 0 Å². The van der Waals surface area contributed by atoms with E-state index >= 15 is 0 Å². The lowest BCUT2D eigenvalue weighted by Gasteiger charge is -2.00. The Hall–Kier alpha value is -2.16. The average Bonchev–Trinajstić information content (AvgIpc) is 3.37. The number of nitrogens with zero attached hydrogens (tertiary/aromatic N) is 2. The number of aromatic nitrogens is 2. The summed E-state index contributed by atoms with van der Waals surface area (Å²) in [5.41, 5.74) is 1.55. The second-order valence-electron chi connectivity index (χ2n) is 5.06. The van der Waals surface area contributed by atoms with Crippen LogP contribution in [0.25, 0.3) is 20.9 Å². The normalized spacial score (nSPS) is 11.0. The first-order valence-electron chi connectivity index (χ1n) is 7.41. The van der Waals surface area contributed by atoms with Crippen molar-refractivity contribution in [3.63, 3.8) is 0 Å². The molecular formula is C17H12N2O3S3. The van der Waals surface area contributed by atoms with Crippen molar-refractivity contribution in [3.8, 4) is 10.6 Å². The summed E-state index contributed by atoms with van der Waals surface area (Å²) in [5.74, 6) is 0.602. The summed E-state index contributed by atoms with van der Waals surface area (Å²) in [6.07, 6.45) is 0. The fraction of sp³-hybridized carbons (Fsp3) is 0.118. The van der Waals surface area contributed by atoms with Crippen LogP contribution in [0.3, 0.4) is 0 Å². The second kappa shape index (κ2) is 7.38. The molecule has 1 aromatic carbocycles. The van der Waals surface area contributed by atoms with Gasteiger partial charge in [0.25, 0.3) is 0 Å². The molecule has 3 aromatic heterocycles. The predicted molar refractivity (Wildman–Crippen MR) is 100.0 cm³/mol. The monoisotopic (exact) mass is 388 g/mol. The Morgan fingerprint density at radius 1 is 1.24 bits per heavy atom. The lowest BCUT2D eigenvalue weighted by molar-refractivity contribution is -0.141. The zero-order valence-electron chi connectivity index (χ0n) is 12.9. The van der Waals surface area contributed by atoms with Crippen molar-refractivity contribution in [1.82, 2.24) is 10.1 Å². The maximum Gasteiger partial charge on any atom is 0.316 e. The Morgan fingerprint density at radius 3 is 3.00 bits per heavy atom. The molecule has 4 rings (SSSR count). The minimum Gasteiger partial charge on any atom is -0.458 e. The van der Waals surface area contributed by atoms with E-state index in [2.05, 4.69) is 10.1 Å². The van der Waals surface area contributed by atoms with Crippen LogP contribution in [0.5, 0.6) is 0 Å². The fourth-order valence-corrected chi connectivity index (χ4v) is 4.68. The van der Waals surface area contributed by atoms with Crippen molar-refractivity contribution in [2.45, 2.75) is 10.9 Å². The molecule has 3 heterocycles. The summed E-state index contributed by atoms with van der Waals surface area (Å²) in [6, 6.07) is 13.6. The van der Waals surface area contributed by atoms with Crippen LogP contribution in [-0.4, -0.2) is 21.9 Å². The number of thiophene rings is 1. The second-order valence-corrected chi connectivity index (χ2v) is 8.26. The molecule has 0 N–H and O–H groups in total. The fourth-order valence-electron chi connectivity index (χ4n) is 2.14. The van der Waals surface area contributed by atoms with Crippen molar-refractivity contribution in [1.29, 1.82) is 0 Å². The van der Waals surface area contributed by atoms with Gasteiger partial charge >= 0.3 is 5.97 Å². The lowest BCUT2D eigenvalue weighted by atomic mass is 10.3. The van der Waals surface area contributed by atoms with Gasteiger partial charge in [-0.25, -0.2) is 4.98 Å². The van der Waals surface area contributed by atoms with Crippen LogP contribution in [0.4, 0.5) is 0 Å². The van der Waals surface area contributed by atoms with Gasteiger partial charge in [0.1, 0.15) is 12.3 Å². The van der Waals surface area contributed by atoms with Gasteiger partial charge in [-0.1, -0.05) is 35.1 Å². The molecule has 0 aliphatic heterocycles. The van der Waals surface area contributed by atoms with Crippen LogP contribution in [0.1, 0.15) is 5.69 Å². The van der Waals surface area contributed by atoms with Crippen molar-refractivity contribution in [2.75, 3.05) is 5.75 Å². The summed E-state index contributed by atoms with van der Waals surface area (Å²) < 4.78 is 12.5. The molecule has 0 amide bonds. The van der Waals surface area contributed by atoms with E-state index in [0.717, 1.165) is 19.4 Å². The van der Waals surface area contributed by atoms with E-state index in [9.17, 15) is 4.79 Å². The van der Waals surface area contributed by atoms with Gasteiger partial charge in [-0.3, -0.25) is 4.79 Å². The van der Waals surface area contributed by atoms with Crippen LogP contribution in [0.15, 0.2) is 56.7 Å². The Labute approximate surface area is 155 Å². The third-order valence-electron chi connectivity index (χ3n) is 3.29. The van der Waals surface area contributed by atoms with Crippen LogP contribution < -0.4 is 0 Å². The Kier molecular flexibility index (Phi) is 4.82. The van der Waals surface area contributed by atoms with E-state index in [0.29, 0.717) is 11.5 Å². The van der Waals surface area contributed by atoms with Gasteiger partial charge in [0.15, 0.2) is 10.1 Å². The number of thioether (sulfide) groups is 1. The highest BCUT2D eigenvalue weighted by atomic mass is 32.2. The molecule has 0 aliphatic rings. The maximum atomic E-state index is 11.9. The van der Waals surface area contributed by atoms with Gasteiger partial charge in [0.2, 0.25) is 0 Å². The molecule has 0 bridgehead atoms. The molecule has 126 valence electrons. The first kappa shape index (κ1) is 16.3. The van der Waals surface area contributed by atoms with Crippen LogP contribution in [0.2, 0.25) is 0 Å². The maximum absolute atomic E-state index is 11.9. The summed E-state index contributed by atoms with van der Waals surface area (Å²) >= 11 is 4.53. The molecule has 0 aliphatic carbocycles. The third-order valence-corrected chi connectivity index (χ3v) is 6.33. The lowest BCUT2D eigenvalue weighted by Crippen LogP contribution is -2.07. The Bertz CT molecular complexity index is 959. The number of hydrogen-bond donors (Lipinski definition) is 0. The molecule has 0 unspecified atom stereocenters. The minimum absolute atomic E-state index is 0.105. The van der Waals surface area contributed by atoms with Crippen molar-refractivity contribution in [3.05, 3.63) is 53.5 Å². The predicted octanol–water partition coefficient (Wildman–Crippen LogP) is 4.85. The summed E-state index contributed by atoms with van der Waals surface area (Å²) in [4.78, 5) is 17.4. The first-order valence-corrected chi connectivity index (χ1v) is 10.1. The molecule has 0 saturated carbocycles. The molecule has 0 atom stereocenters. The Morgan fingerprint density at radius 2 is 2.16 bits per heavy atom. The van der Waals surface area contributed by atoms with E-state index in [1.54, 1.807) is 28.7 Å². The van der Waals surface area contributed by atoms with E-state index in [1.807, 2.05) is 41.8 Å². The molecule has 0 saturated heterocycles. The number of esters is 1. The summed E-state index contributed by atoms with van der Waals surface area (Å²) in [6.45, 7) is 0.105. The van der Waals surface area contributed by atoms with E-state index in [-0.39, 0.29) is 18.3 Å². The average molecular weight is 388 g/mol. The number of thiazole rings is 1. The Balaban J connectivity index is 1.29. The van der Waals surface area contributed by atoms with Crippen LogP contribution in [-0.2, 0) is 16.1 Å². The van der Waals surface area contributed by atoms with Gasteiger partial charge in [0.05, 0.1) is 20.8 Å². The largest absolute Gasteiger partial charge is 0.458 e. The number of rotatable bonds is 6. The molecule has 0 radical (unpaired) electrons. The molecule has 0 fully saturated rings. The minimum atomic E-state index is -0.301. The van der Waals surface area contributed by atoms with Gasteiger partial charge in [-0.05, 0) is 23.6 Å². The zero-order valence-corrected chi connectivity index (χ0v) is 15.3. The SMILES string of the molecule is O=C(CSc1nc2ccccc2s1)OCc1cc(-c2cccs2)on1. The summed E-state index contributed by atoms with van der Waals surface area (Å²) in [7, 11) is 0. The topological polar surface area (TPSA) is 65.2 Å². The van der Waals surface area contributed by atoms with E-state index in [1.165, 1.54) is 11.8 Å². The van der Waals surface area contributed by atoms with Crippen LogP contribution >= 0.6 is 34.4 Å². The number of ether oxygens (including phenoxy) is 1. The highest BCUT2D eigenvalue weighted by Crippen LogP contribution is 2.29. The third kappa shape index (κ3) is 3.92. The summed E-state index contributed by atoms with van der Waals surface area (Å²) in [5, 5.41) is 5.90. The van der Waals surface area contributed by atoms with Crippen molar-refractivity contribution >= 4 is 50.6 Å². The number of benzene rings is 1. The van der Waals surface area contributed by atoms with E-state index < -0.39 is 0 Å². The van der Waals surface area contributed by atoms with Gasteiger partial charge in [0, 0.05) is 6.07 Å². The number of hydrogen-bond acceptors (Lipinski definition) is 8. The standard InChI is InChI=1S/C17H12N2O3S3/c20-16(10-24-17-18-12-4-1-2-5-14(12)25-17)21-9-11-8-13(22-19-11)15-6-3-7-23-15/h1-8H,9-10H2. The van der Waals surface area contributed by atoms with E-state index in [4.69, 9.17) is 9.26 Å². The molecular weight excluding hydrogens is 376 g/mol. The zero-order chi connectivity index (χ0) is 17.1. The molecule has 0 spiro atoms. The highest BCUT2D eigenvalue weighted by molar-refractivity contribution is 8.01. The quantitative estimate of drug-likeness (QED) is 0.348. The van der Waals surface area contributed by atoms with Gasteiger partial charge < -0.3 is 9.26 Å². The van der Waals surface area contributed by atoms with Gasteiger partial charge in [-0.15, -0.1) is 22.7 Å². The molecule has 8 heteroatoms. The number of carbonyl (C=O) groups excluding carboxylic acids is 1. The number of para-hydroxylation sites is 1. The van der Waals surface area contributed by atoms with Crippen LogP contribution in [0, 0.1) is 0 Å². The smallest absolute Gasteiger partial charge is 0.316 e. The molecule has 5 nitrogen and oxygen atoms in total. The van der Waals surface area contributed by atoms with Gasteiger partial charge in [-0.2, -0.15) is 0 Å². The van der Waals surface area contributed by atoms with Crippen molar-refractivity contribution < 1.29 is 14.1 Å². The highest BCUT2D eigenvalue weighted by Gasteiger charge is 2.12. The molecule has 25 heavy (non-hydrogen) atoms. The number of carbonyl (C=O) groups is 1. The molecule has 4 aromatic rings. The number of fused-ring (bicyclic) bond motifs is 1. The first-order chi connectivity index (χ1) is 12.3.